The highest BCUT2D eigenvalue weighted by molar-refractivity contribution is 5.51. The molecule has 0 fully saturated rings. The number of hydrazine groups is 1. The fourth-order valence-electron chi connectivity index (χ4n) is 1.01. The number of hydrogen-bond donors (Lipinski definition) is 2. The molecule has 2 nitrogen and oxygen atoms in total. The van der Waals surface area contributed by atoms with Gasteiger partial charge >= 0.3 is 0 Å². The predicted octanol–water partition coefficient (Wildman–Crippen LogP) is 2.88. The van der Waals surface area contributed by atoms with E-state index in [1.165, 1.54) is 11.1 Å². The Labute approximate surface area is 81.3 Å². The first kappa shape index (κ1) is 12.0. The van der Waals surface area contributed by atoms with Gasteiger partial charge in [0.25, 0.3) is 0 Å². The van der Waals surface area contributed by atoms with Crippen molar-refractivity contribution < 1.29 is 0 Å². The van der Waals surface area contributed by atoms with Crippen LogP contribution >= 0.6 is 0 Å². The van der Waals surface area contributed by atoms with E-state index in [2.05, 4.69) is 42.9 Å². The van der Waals surface area contributed by atoms with Crippen LogP contribution in [0.5, 0.6) is 0 Å². The smallest absolute Gasteiger partial charge is 0.0519 e. The first-order valence-electron chi connectivity index (χ1n) is 4.74. The number of aryl methyl sites for hydroxylation is 2. The van der Waals surface area contributed by atoms with E-state index in [1.54, 1.807) is 0 Å². The Balaban J connectivity index is 0.000000671. The van der Waals surface area contributed by atoms with E-state index < -0.39 is 0 Å². The molecule has 1 rings (SSSR count). The van der Waals surface area contributed by atoms with E-state index in [9.17, 15) is 0 Å². The summed E-state index contributed by atoms with van der Waals surface area (Å²) in [7, 11) is 1.86. The first-order chi connectivity index (χ1) is 6.24. The van der Waals surface area contributed by atoms with Gasteiger partial charge in [-0.3, -0.25) is 0 Å². The van der Waals surface area contributed by atoms with E-state index in [0.717, 1.165) is 5.69 Å². The number of benzene rings is 1. The third-order valence-electron chi connectivity index (χ3n) is 1.65. The largest absolute Gasteiger partial charge is 0.321 e. The molecule has 0 saturated carbocycles. The van der Waals surface area contributed by atoms with Crippen molar-refractivity contribution in [2.24, 2.45) is 0 Å². The van der Waals surface area contributed by atoms with Gasteiger partial charge in [-0.1, -0.05) is 26.0 Å². The number of nitrogens with one attached hydrogen (secondary N) is 2. The van der Waals surface area contributed by atoms with Crippen LogP contribution in [0.4, 0.5) is 5.69 Å². The fraction of sp³-hybridized carbons (Fsp3) is 0.455. The van der Waals surface area contributed by atoms with Gasteiger partial charge in [0.1, 0.15) is 0 Å². The maximum Gasteiger partial charge on any atom is 0.0519 e. The summed E-state index contributed by atoms with van der Waals surface area (Å²) in [5.74, 6) is 0. The Kier molecular flexibility index (Phi) is 5.98. The molecule has 0 amide bonds. The lowest BCUT2D eigenvalue weighted by molar-refractivity contribution is 0.979. The molecule has 0 radical (unpaired) electrons. The van der Waals surface area contributed by atoms with Crippen molar-refractivity contribution in [2.45, 2.75) is 27.7 Å². The van der Waals surface area contributed by atoms with E-state index in [0.29, 0.717) is 0 Å². The maximum absolute atomic E-state index is 3.07. The summed E-state index contributed by atoms with van der Waals surface area (Å²) in [5, 5.41) is 0. The zero-order valence-electron chi connectivity index (χ0n) is 9.23. The van der Waals surface area contributed by atoms with Crippen LogP contribution in [0.15, 0.2) is 18.2 Å². The average molecular weight is 180 g/mol. The molecule has 0 bridgehead atoms. The van der Waals surface area contributed by atoms with Gasteiger partial charge in [0, 0.05) is 7.05 Å². The maximum atomic E-state index is 3.07. The third kappa shape index (κ3) is 3.95. The molecular formula is C11H20N2. The summed E-state index contributed by atoms with van der Waals surface area (Å²) in [4.78, 5) is 0. The summed E-state index contributed by atoms with van der Waals surface area (Å²) in [5.41, 5.74) is 9.64. The van der Waals surface area contributed by atoms with Gasteiger partial charge in [-0.2, -0.15) is 0 Å². The van der Waals surface area contributed by atoms with Crippen molar-refractivity contribution in [1.82, 2.24) is 5.43 Å². The highest BCUT2D eigenvalue weighted by Crippen LogP contribution is 2.14. The average Bonchev–Trinajstić information content (AvgIpc) is 2.15. The normalized spacial score (nSPS) is 8.69. The fourth-order valence-corrected chi connectivity index (χ4v) is 1.01. The van der Waals surface area contributed by atoms with Crippen molar-refractivity contribution in [3.63, 3.8) is 0 Å². The monoisotopic (exact) mass is 180 g/mol. The van der Waals surface area contributed by atoms with Crippen LogP contribution in [-0.2, 0) is 0 Å². The van der Waals surface area contributed by atoms with Gasteiger partial charge < -0.3 is 5.43 Å². The second kappa shape index (κ2) is 6.49. The Bertz CT molecular complexity index is 244. The first-order valence-corrected chi connectivity index (χ1v) is 4.74. The lowest BCUT2D eigenvalue weighted by atomic mass is 10.1. The van der Waals surface area contributed by atoms with Crippen molar-refractivity contribution in [2.75, 3.05) is 12.5 Å². The lowest BCUT2D eigenvalue weighted by Gasteiger charge is -2.07. The molecule has 0 aliphatic rings. The topological polar surface area (TPSA) is 24.1 Å². The summed E-state index contributed by atoms with van der Waals surface area (Å²) in [6.07, 6.45) is 0. The number of anilines is 1. The lowest BCUT2D eigenvalue weighted by Crippen LogP contribution is -2.15. The summed E-state index contributed by atoms with van der Waals surface area (Å²) >= 11 is 0. The van der Waals surface area contributed by atoms with Crippen LogP contribution < -0.4 is 10.9 Å². The molecule has 13 heavy (non-hydrogen) atoms. The second-order valence-electron chi connectivity index (χ2n) is 2.69. The van der Waals surface area contributed by atoms with E-state index >= 15 is 0 Å². The minimum absolute atomic E-state index is 1.15. The van der Waals surface area contributed by atoms with E-state index in [1.807, 2.05) is 20.9 Å². The highest BCUT2D eigenvalue weighted by Gasteiger charge is 1.94. The van der Waals surface area contributed by atoms with Crippen molar-refractivity contribution in [3.8, 4) is 0 Å². The van der Waals surface area contributed by atoms with Crippen LogP contribution in [0.25, 0.3) is 0 Å². The zero-order valence-corrected chi connectivity index (χ0v) is 9.23. The minimum Gasteiger partial charge on any atom is -0.321 e. The van der Waals surface area contributed by atoms with Crippen molar-refractivity contribution in [3.05, 3.63) is 29.3 Å². The van der Waals surface area contributed by atoms with Gasteiger partial charge in [0.05, 0.1) is 5.69 Å². The molecule has 0 atom stereocenters. The molecule has 1 aromatic rings. The predicted molar refractivity (Wildman–Crippen MR) is 59.9 cm³/mol. The summed E-state index contributed by atoms with van der Waals surface area (Å²) < 4.78 is 0. The molecule has 0 aliphatic heterocycles. The van der Waals surface area contributed by atoms with Gasteiger partial charge in [-0.15, -0.1) is 0 Å². The summed E-state index contributed by atoms with van der Waals surface area (Å²) in [6, 6.07) is 6.33. The Hall–Kier alpha value is -1.02. The van der Waals surface area contributed by atoms with Crippen molar-refractivity contribution >= 4 is 5.69 Å². The molecule has 0 aliphatic carbocycles. The standard InChI is InChI=1S/C9H14N2.C2H6/c1-7-4-5-8(2)9(6-7)11-10-3;1-2/h4-6,10-11H,1-3H3;1-2H3. The Morgan fingerprint density at radius 2 is 1.69 bits per heavy atom. The molecule has 74 valence electrons. The molecule has 2 heteroatoms. The van der Waals surface area contributed by atoms with Gasteiger partial charge in [0.2, 0.25) is 0 Å². The second-order valence-corrected chi connectivity index (χ2v) is 2.69. The van der Waals surface area contributed by atoms with Crippen LogP contribution in [0.2, 0.25) is 0 Å². The number of rotatable bonds is 2. The summed E-state index contributed by atoms with van der Waals surface area (Å²) in [6.45, 7) is 8.17. The Morgan fingerprint density at radius 3 is 2.23 bits per heavy atom. The minimum atomic E-state index is 1.15. The highest BCUT2D eigenvalue weighted by atomic mass is 15.3. The zero-order chi connectivity index (χ0) is 10.3. The molecule has 2 N–H and O–H groups in total. The third-order valence-corrected chi connectivity index (χ3v) is 1.65. The quantitative estimate of drug-likeness (QED) is 0.684. The molecule has 0 saturated heterocycles. The molecule has 0 unspecified atom stereocenters. The molecule has 0 aromatic heterocycles. The van der Waals surface area contributed by atoms with Crippen LogP contribution in [-0.4, -0.2) is 7.05 Å². The number of hydrogen-bond acceptors (Lipinski definition) is 2. The van der Waals surface area contributed by atoms with Crippen LogP contribution in [0.3, 0.4) is 0 Å². The molecule has 1 aromatic carbocycles. The molecular weight excluding hydrogens is 160 g/mol. The van der Waals surface area contributed by atoms with Gasteiger partial charge in [0.15, 0.2) is 0 Å². The van der Waals surface area contributed by atoms with Crippen LogP contribution in [0.1, 0.15) is 25.0 Å². The SMILES string of the molecule is CC.CNNc1cc(C)ccc1C. The van der Waals surface area contributed by atoms with Crippen LogP contribution in [0, 0.1) is 13.8 Å². The van der Waals surface area contributed by atoms with Crippen molar-refractivity contribution in [1.29, 1.82) is 0 Å². The van der Waals surface area contributed by atoms with E-state index in [4.69, 9.17) is 0 Å². The Morgan fingerprint density at radius 1 is 1.08 bits per heavy atom. The van der Waals surface area contributed by atoms with Gasteiger partial charge in [-0.25, -0.2) is 5.43 Å². The van der Waals surface area contributed by atoms with E-state index in [-0.39, 0.29) is 0 Å². The molecule has 0 heterocycles. The van der Waals surface area contributed by atoms with Gasteiger partial charge in [-0.05, 0) is 31.0 Å². The molecule has 0 spiro atoms.